The van der Waals surface area contributed by atoms with Gasteiger partial charge in [-0.1, -0.05) is 18.5 Å². The van der Waals surface area contributed by atoms with Crippen molar-refractivity contribution in [1.82, 2.24) is 0 Å². The molecule has 1 aromatic rings. The Kier molecular flexibility index (Phi) is 5.96. The highest BCUT2D eigenvalue weighted by Crippen LogP contribution is 2.45. The fourth-order valence-corrected chi connectivity index (χ4v) is 2.26. The maximum atomic E-state index is 6.19. The quantitative estimate of drug-likeness (QED) is 0.813. The largest absolute Gasteiger partial charge is 0.492 e. The molecule has 0 radical (unpaired) electrons. The zero-order chi connectivity index (χ0) is 13.7. The summed E-state index contributed by atoms with van der Waals surface area (Å²) < 4.78 is 16.0. The molecule has 1 unspecified atom stereocenters. The fourth-order valence-electron chi connectivity index (χ4n) is 1.83. The van der Waals surface area contributed by atoms with Crippen molar-refractivity contribution in [2.45, 2.75) is 13.3 Å². The highest BCUT2D eigenvalue weighted by atomic mass is 35.5. The van der Waals surface area contributed by atoms with Gasteiger partial charge < -0.3 is 14.2 Å². The molecule has 3 nitrogen and oxygen atoms in total. The number of halogens is 1. The van der Waals surface area contributed by atoms with Crippen LogP contribution >= 0.6 is 24.2 Å². The predicted molar refractivity (Wildman–Crippen MR) is 77.8 cm³/mol. The Morgan fingerprint density at radius 2 is 1.67 bits per heavy atom. The number of ether oxygens (including phenoxy) is 3. The first-order chi connectivity index (χ1) is 8.58. The molecule has 0 aliphatic heterocycles. The van der Waals surface area contributed by atoms with Crippen LogP contribution in [-0.2, 0) is 6.42 Å². The van der Waals surface area contributed by atoms with E-state index in [1.807, 2.05) is 6.07 Å². The van der Waals surface area contributed by atoms with Gasteiger partial charge in [0.15, 0.2) is 11.5 Å². The number of benzene rings is 1. The van der Waals surface area contributed by atoms with Crippen LogP contribution in [0.4, 0.5) is 0 Å². The van der Waals surface area contributed by atoms with Crippen LogP contribution in [-0.4, -0.2) is 27.1 Å². The summed E-state index contributed by atoms with van der Waals surface area (Å²) in [5.41, 5.74) is 1.00. The second-order valence-corrected chi connectivity index (χ2v) is 4.88. The molecule has 0 aromatic heterocycles. The van der Waals surface area contributed by atoms with Gasteiger partial charge in [-0.15, -0.1) is 0 Å². The van der Waals surface area contributed by atoms with E-state index < -0.39 is 0 Å². The van der Waals surface area contributed by atoms with Crippen molar-refractivity contribution in [3.8, 4) is 17.2 Å². The lowest BCUT2D eigenvalue weighted by Crippen LogP contribution is -2.05. The molecule has 0 saturated carbocycles. The molecule has 18 heavy (non-hydrogen) atoms. The summed E-state index contributed by atoms with van der Waals surface area (Å²) in [5, 5.41) is 0.525. The van der Waals surface area contributed by atoms with Crippen LogP contribution < -0.4 is 14.2 Å². The Labute approximate surface area is 119 Å². The standard InChI is InChI=1S/C13H19ClO3S/c1-8(7-18)5-9-6-10(14)12(16-3)13(17-4)11(9)15-2/h6,8,18H,5,7H2,1-4H3. The van der Waals surface area contributed by atoms with E-state index in [1.54, 1.807) is 21.3 Å². The molecule has 1 atom stereocenters. The van der Waals surface area contributed by atoms with Crippen molar-refractivity contribution in [2.75, 3.05) is 27.1 Å². The van der Waals surface area contributed by atoms with Gasteiger partial charge in [-0.25, -0.2) is 0 Å². The van der Waals surface area contributed by atoms with E-state index in [2.05, 4.69) is 19.6 Å². The Balaban J connectivity index is 3.30. The number of hydrogen-bond donors (Lipinski definition) is 1. The van der Waals surface area contributed by atoms with E-state index >= 15 is 0 Å². The van der Waals surface area contributed by atoms with Crippen LogP contribution in [0.1, 0.15) is 12.5 Å². The number of rotatable bonds is 6. The first kappa shape index (κ1) is 15.3. The van der Waals surface area contributed by atoms with Gasteiger partial charge >= 0.3 is 0 Å². The number of hydrogen-bond acceptors (Lipinski definition) is 4. The van der Waals surface area contributed by atoms with Gasteiger partial charge in [-0.2, -0.15) is 12.6 Å². The first-order valence-corrected chi connectivity index (χ1v) is 6.68. The molecule has 0 saturated heterocycles. The number of methoxy groups -OCH3 is 3. The summed E-state index contributed by atoms with van der Waals surface area (Å²) in [6.07, 6.45) is 0.826. The maximum Gasteiger partial charge on any atom is 0.205 e. The molecular formula is C13H19ClO3S. The smallest absolute Gasteiger partial charge is 0.205 e. The van der Waals surface area contributed by atoms with E-state index in [0.29, 0.717) is 28.2 Å². The minimum absolute atomic E-state index is 0.427. The molecule has 1 rings (SSSR count). The van der Waals surface area contributed by atoms with Gasteiger partial charge in [-0.3, -0.25) is 0 Å². The summed E-state index contributed by atoms with van der Waals surface area (Å²) in [5.74, 6) is 2.94. The molecule has 0 N–H and O–H groups in total. The van der Waals surface area contributed by atoms with Crippen molar-refractivity contribution in [3.05, 3.63) is 16.7 Å². The Hall–Kier alpha value is -0.740. The summed E-state index contributed by atoms with van der Waals surface area (Å²) >= 11 is 10.5. The topological polar surface area (TPSA) is 27.7 Å². The summed E-state index contributed by atoms with van der Waals surface area (Å²) in [6.45, 7) is 2.12. The van der Waals surface area contributed by atoms with Crippen LogP contribution in [0.25, 0.3) is 0 Å². The third kappa shape index (κ3) is 3.18. The summed E-state index contributed by atoms with van der Waals surface area (Å²) in [4.78, 5) is 0. The Bertz CT molecular complexity index is 410. The lowest BCUT2D eigenvalue weighted by molar-refractivity contribution is 0.321. The normalized spacial score (nSPS) is 12.1. The predicted octanol–water partition coefficient (Wildman–Crippen LogP) is 3.47. The lowest BCUT2D eigenvalue weighted by Gasteiger charge is -2.18. The van der Waals surface area contributed by atoms with E-state index in [1.165, 1.54) is 0 Å². The average Bonchev–Trinajstić information content (AvgIpc) is 2.37. The highest BCUT2D eigenvalue weighted by molar-refractivity contribution is 7.80. The van der Waals surface area contributed by atoms with Crippen LogP contribution in [0.2, 0.25) is 5.02 Å². The molecule has 1 aromatic carbocycles. The molecule has 5 heteroatoms. The zero-order valence-electron chi connectivity index (χ0n) is 11.1. The van der Waals surface area contributed by atoms with Crippen molar-refractivity contribution in [2.24, 2.45) is 5.92 Å². The SMILES string of the molecule is COc1c(Cl)cc(CC(C)CS)c(OC)c1OC. The molecular weight excluding hydrogens is 272 g/mol. The van der Waals surface area contributed by atoms with Crippen molar-refractivity contribution >= 4 is 24.2 Å². The second-order valence-electron chi connectivity index (χ2n) is 4.11. The molecule has 0 aliphatic rings. The van der Waals surface area contributed by atoms with Crippen LogP contribution in [0.15, 0.2) is 6.07 Å². The van der Waals surface area contributed by atoms with E-state index in [4.69, 9.17) is 25.8 Å². The fraction of sp³-hybridized carbons (Fsp3) is 0.538. The summed E-state index contributed by atoms with van der Waals surface area (Å²) in [7, 11) is 4.74. The third-order valence-electron chi connectivity index (χ3n) is 2.71. The van der Waals surface area contributed by atoms with Gasteiger partial charge in [0.2, 0.25) is 5.75 Å². The van der Waals surface area contributed by atoms with Gasteiger partial charge in [0.1, 0.15) is 0 Å². The second kappa shape index (κ2) is 7.00. The Morgan fingerprint density at radius 3 is 2.11 bits per heavy atom. The van der Waals surface area contributed by atoms with Crippen molar-refractivity contribution in [1.29, 1.82) is 0 Å². The number of thiol groups is 1. The maximum absolute atomic E-state index is 6.19. The minimum Gasteiger partial charge on any atom is -0.492 e. The zero-order valence-corrected chi connectivity index (χ0v) is 12.8. The van der Waals surface area contributed by atoms with E-state index in [0.717, 1.165) is 17.7 Å². The van der Waals surface area contributed by atoms with E-state index in [9.17, 15) is 0 Å². The van der Waals surface area contributed by atoms with Crippen molar-refractivity contribution < 1.29 is 14.2 Å². The molecule has 0 aliphatic carbocycles. The van der Waals surface area contributed by atoms with Crippen LogP contribution in [0, 0.1) is 5.92 Å². The first-order valence-electron chi connectivity index (χ1n) is 5.67. The highest BCUT2D eigenvalue weighted by Gasteiger charge is 2.20. The molecule has 102 valence electrons. The molecule has 0 amide bonds. The van der Waals surface area contributed by atoms with Gasteiger partial charge in [0, 0.05) is 5.56 Å². The monoisotopic (exact) mass is 290 g/mol. The third-order valence-corrected chi connectivity index (χ3v) is 3.62. The van der Waals surface area contributed by atoms with Gasteiger partial charge in [0.25, 0.3) is 0 Å². The van der Waals surface area contributed by atoms with Crippen LogP contribution in [0.3, 0.4) is 0 Å². The van der Waals surface area contributed by atoms with Gasteiger partial charge in [-0.05, 0) is 24.2 Å². The average molecular weight is 291 g/mol. The molecule has 0 spiro atoms. The molecule has 0 heterocycles. The Morgan fingerprint density at radius 1 is 1.11 bits per heavy atom. The lowest BCUT2D eigenvalue weighted by atomic mass is 10.0. The van der Waals surface area contributed by atoms with Gasteiger partial charge in [0.05, 0.1) is 26.4 Å². The molecule has 0 fully saturated rings. The summed E-state index contributed by atoms with van der Waals surface area (Å²) in [6, 6.07) is 1.86. The van der Waals surface area contributed by atoms with Crippen molar-refractivity contribution in [3.63, 3.8) is 0 Å². The minimum atomic E-state index is 0.427. The molecule has 0 bridgehead atoms. The van der Waals surface area contributed by atoms with E-state index in [-0.39, 0.29) is 0 Å². The van der Waals surface area contributed by atoms with Crippen LogP contribution in [0.5, 0.6) is 17.2 Å².